The van der Waals surface area contributed by atoms with E-state index in [2.05, 4.69) is 5.32 Å². The van der Waals surface area contributed by atoms with Crippen molar-refractivity contribution in [1.82, 2.24) is 0 Å². The lowest BCUT2D eigenvalue weighted by atomic mass is 10.3. The third kappa shape index (κ3) is 6.78. The highest BCUT2D eigenvalue weighted by molar-refractivity contribution is 8.00. The van der Waals surface area contributed by atoms with E-state index in [9.17, 15) is 9.59 Å². The van der Waals surface area contributed by atoms with Crippen LogP contribution in [0.4, 0.5) is 10.5 Å². The number of carbonyl (C=O) groups excluding carboxylic acids is 2. The van der Waals surface area contributed by atoms with E-state index in [0.717, 1.165) is 4.90 Å². The summed E-state index contributed by atoms with van der Waals surface area (Å²) in [7, 11) is 1.33. The van der Waals surface area contributed by atoms with E-state index < -0.39 is 11.3 Å². The maximum absolute atomic E-state index is 11.9. The zero-order valence-electron chi connectivity index (χ0n) is 13.9. The summed E-state index contributed by atoms with van der Waals surface area (Å²) in [5, 5.41) is 3.28. The largest absolute Gasteiger partial charge is 0.468 e. The van der Waals surface area contributed by atoms with Crippen LogP contribution in [-0.4, -0.2) is 31.0 Å². The molecule has 0 aliphatic heterocycles. The maximum Gasteiger partial charge on any atom is 0.411 e. The first-order chi connectivity index (χ1) is 12.5. The highest BCUT2D eigenvalue weighted by Crippen LogP contribution is 2.27. The van der Waals surface area contributed by atoms with E-state index in [1.54, 1.807) is 36.4 Å². The summed E-state index contributed by atoms with van der Waals surface area (Å²) in [4.78, 5) is 24.6. The van der Waals surface area contributed by atoms with Crippen molar-refractivity contribution in [3.8, 4) is 0 Å². The van der Waals surface area contributed by atoms with Crippen LogP contribution >= 0.6 is 35.0 Å². The smallest absolute Gasteiger partial charge is 0.411 e. The molecule has 2 aromatic rings. The molecule has 0 aliphatic carbocycles. The molecule has 5 nitrogen and oxygen atoms in total. The standard InChI is InChI=1S/C18H17Cl2NO4S/c1-24-17(22)16(26-15-8-4-13(20)5-9-15)10-11-25-18(23)21-14-6-2-12(19)3-7-14/h2-9,16H,10-11H2,1H3,(H,21,23). The van der Waals surface area contributed by atoms with Crippen LogP contribution in [0.2, 0.25) is 10.0 Å². The van der Waals surface area contributed by atoms with Crippen LogP contribution in [0.5, 0.6) is 0 Å². The second kappa shape index (κ2) is 10.3. The molecular formula is C18H17Cl2NO4S. The molecule has 0 bridgehead atoms. The number of esters is 1. The van der Waals surface area contributed by atoms with Gasteiger partial charge in [-0.05, 0) is 48.5 Å². The molecule has 0 aromatic heterocycles. The van der Waals surface area contributed by atoms with Crippen LogP contribution in [0.1, 0.15) is 6.42 Å². The Morgan fingerprint density at radius 1 is 1.04 bits per heavy atom. The van der Waals surface area contributed by atoms with E-state index >= 15 is 0 Å². The first-order valence-corrected chi connectivity index (χ1v) is 9.31. The fourth-order valence-corrected chi connectivity index (χ4v) is 3.26. The summed E-state index contributed by atoms with van der Waals surface area (Å²) in [5.74, 6) is -0.383. The van der Waals surface area contributed by atoms with Gasteiger partial charge >= 0.3 is 12.1 Å². The summed E-state index contributed by atoms with van der Waals surface area (Å²) in [6, 6.07) is 13.8. The molecule has 1 amide bonds. The topological polar surface area (TPSA) is 64.6 Å². The Kier molecular flexibility index (Phi) is 8.09. The average Bonchev–Trinajstić information content (AvgIpc) is 2.64. The number of rotatable bonds is 7. The SMILES string of the molecule is COC(=O)C(CCOC(=O)Nc1ccc(Cl)cc1)Sc1ccc(Cl)cc1. The second-order valence-corrected chi connectivity index (χ2v) is 7.29. The van der Waals surface area contributed by atoms with Gasteiger partial charge in [0.05, 0.1) is 13.7 Å². The molecule has 0 saturated heterocycles. The van der Waals surface area contributed by atoms with Crippen LogP contribution in [0.25, 0.3) is 0 Å². The Hall–Kier alpha value is -1.89. The van der Waals surface area contributed by atoms with Crippen molar-refractivity contribution < 1.29 is 19.1 Å². The molecule has 0 radical (unpaired) electrons. The molecule has 0 saturated carbocycles. The molecule has 26 heavy (non-hydrogen) atoms. The number of methoxy groups -OCH3 is 1. The van der Waals surface area contributed by atoms with Crippen molar-refractivity contribution in [3.63, 3.8) is 0 Å². The lowest BCUT2D eigenvalue weighted by Gasteiger charge is -2.14. The van der Waals surface area contributed by atoms with Gasteiger partial charge in [0.1, 0.15) is 5.25 Å². The maximum atomic E-state index is 11.9. The average molecular weight is 414 g/mol. The molecule has 2 rings (SSSR count). The van der Waals surface area contributed by atoms with Gasteiger partial charge in [-0.3, -0.25) is 10.1 Å². The first kappa shape index (κ1) is 20.4. The Balaban J connectivity index is 1.84. The summed E-state index contributed by atoms with van der Waals surface area (Å²) < 4.78 is 9.95. The zero-order chi connectivity index (χ0) is 18.9. The van der Waals surface area contributed by atoms with Crippen molar-refractivity contribution in [2.24, 2.45) is 0 Å². The molecule has 1 unspecified atom stereocenters. The van der Waals surface area contributed by atoms with E-state index in [1.165, 1.54) is 18.9 Å². The summed E-state index contributed by atoms with van der Waals surface area (Å²) in [6.07, 6.45) is -0.291. The van der Waals surface area contributed by atoms with Gasteiger partial charge in [0.25, 0.3) is 0 Å². The highest BCUT2D eigenvalue weighted by atomic mass is 35.5. The van der Waals surface area contributed by atoms with E-state index in [-0.39, 0.29) is 12.6 Å². The van der Waals surface area contributed by atoms with Crippen molar-refractivity contribution in [1.29, 1.82) is 0 Å². The van der Waals surface area contributed by atoms with Crippen LogP contribution < -0.4 is 5.32 Å². The minimum atomic E-state index is -0.604. The van der Waals surface area contributed by atoms with Crippen molar-refractivity contribution in [3.05, 3.63) is 58.6 Å². The number of amides is 1. The van der Waals surface area contributed by atoms with E-state index in [1.807, 2.05) is 12.1 Å². The van der Waals surface area contributed by atoms with Crippen molar-refractivity contribution in [2.45, 2.75) is 16.6 Å². The lowest BCUT2D eigenvalue weighted by Crippen LogP contribution is -2.22. The van der Waals surface area contributed by atoms with Gasteiger partial charge in [-0.1, -0.05) is 23.2 Å². The lowest BCUT2D eigenvalue weighted by molar-refractivity contribution is -0.140. The Labute approximate surface area is 166 Å². The predicted octanol–water partition coefficient (Wildman–Crippen LogP) is 5.27. The molecule has 0 spiro atoms. The second-order valence-electron chi connectivity index (χ2n) is 5.14. The van der Waals surface area contributed by atoms with Gasteiger partial charge in [0, 0.05) is 27.0 Å². The third-order valence-electron chi connectivity index (χ3n) is 3.26. The van der Waals surface area contributed by atoms with Crippen LogP contribution in [0, 0.1) is 0 Å². The molecule has 2 aromatic carbocycles. The quantitative estimate of drug-likeness (QED) is 0.494. The monoisotopic (exact) mass is 413 g/mol. The number of ether oxygens (including phenoxy) is 2. The first-order valence-electron chi connectivity index (χ1n) is 7.67. The fourth-order valence-electron chi connectivity index (χ4n) is 1.98. The van der Waals surface area contributed by atoms with Crippen LogP contribution in [0.15, 0.2) is 53.4 Å². The molecule has 8 heteroatoms. The van der Waals surface area contributed by atoms with Gasteiger partial charge in [0.2, 0.25) is 0 Å². The van der Waals surface area contributed by atoms with Gasteiger partial charge in [-0.2, -0.15) is 0 Å². The summed E-state index contributed by atoms with van der Waals surface area (Å²) >= 11 is 13.0. The molecule has 0 aliphatic rings. The van der Waals surface area contributed by atoms with Crippen LogP contribution in [-0.2, 0) is 14.3 Å². The number of benzene rings is 2. The molecule has 1 atom stereocenters. The number of thioether (sulfide) groups is 1. The molecule has 1 N–H and O–H groups in total. The van der Waals surface area contributed by atoms with Gasteiger partial charge < -0.3 is 9.47 Å². The van der Waals surface area contributed by atoms with Gasteiger partial charge in [0.15, 0.2) is 0 Å². The van der Waals surface area contributed by atoms with Gasteiger partial charge in [-0.15, -0.1) is 11.8 Å². The number of hydrogen-bond acceptors (Lipinski definition) is 5. The number of carbonyl (C=O) groups is 2. The van der Waals surface area contributed by atoms with Gasteiger partial charge in [-0.25, -0.2) is 4.79 Å². The van der Waals surface area contributed by atoms with Crippen LogP contribution in [0.3, 0.4) is 0 Å². The predicted molar refractivity (Wildman–Crippen MR) is 104 cm³/mol. The molecule has 138 valence electrons. The summed E-state index contributed by atoms with van der Waals surface area (Å²) in [5.41, 5.74) is 0.569. The van der Waals surface area contributed by atoms with Crippen molar-refractivity contribution in [2.75, 3.05) is 19.0 Å². The number of nitrogens with one attached hydrogen (secondary N) is 1. The molecule has 0 fully saturated rings. The summed E-state index contributed by atoms with van der Waals surface area (Å²) in [6.45, 7) is 0.0692. The van der Waals surface area contributed by atoms with E-state index in [4.69, 9.17) is 32.7 Å². The number of halogens is 2. The molecule has 0 heterocycles. The number of anilines is 1. The number of hydrogen-bond donors (Lipinski definition) is 1. The Bertz CT molecular complexity index is 738. The Morgan fingerprint density at radius 3 is 2.19 bits per heavy atom. The third-order valence-corrected chi connectivity index (χ3v) is 5.02. The highest BCUT2D eigenvalue weighted by Gasteiger charge is 2.21. The zero-order valence-corrected chi connectivity index (χ0v) is 16.2. The fraction of sp³-hybridized carbons (Fsp3) is 0.222. The molecular weight excluding hydrogens is 397 g/mol. The van der Waals surface area contributed by atoms with E-state index in [0.29, 0.717) is 22.2 Å². The minimum Gasteiger partial charge on any atom is -0.468 e. The normalized spacial score (nSPS) is 11.5. The van der Waals surface area contributed by atoms with Crippen molar-refractivity contribution >= 4 is 52.7 Å². The minimum absolute atomic E-state index is 0.0692. The Morgan fingerprint density at radius 2 is 1.62 bits per heavy atom.